The van der Waals surface area contributed by atoms with Crippen LogP contribution in [0.15, 0.2) is 0 Å². The smallest absolute Gasteiger partial charge is 0.170 e. The van der Waals surface area contributed by atoms with Crippen LogP contribution >= 0.6 is 0 Å². The molecule has 1 aromatic rings. The molecule has 0 saturated carbocycles. The van der Waals surface area contributed by atoms with Crippen LogP contribution in [0.4, 0.5) is 0 Å². The Hall–Kier alpha value is -1.12. The predicted octanol–water partition coefficient (Wildman–Crippen LogP) is 1.59. The average Bonchev–Trinajstić information content (AvgIpc) is 2.43. The molecule has 2 heterocycles. The van der Waals surface area contributed by atoms with Crippen molar-refractivity contribution in [2.45, 2.75) is 33.2 Å². The molecule has 1 aromatic heterocycles. The third kappa shape index (κ3) is 1.28. The van der Waals surface area contributed by atoms with E-state index in [-0.39, 0.29) is 0 Å². The van der Waals surface area contributed by atoms with Crippen molar-refractivity contribution >= 4 is 6.29 Å². The van der Waals surface area contributed by atoms with Gasteiger partial charge in [-0.25, -0.2) is 4.98 Å². The Morgan fingerprint density at radius 3 is 3.08 bits per heavy atom. The summed E-state index contributed by atoms with van der Waals surface area (Å²) in [7, 11) is 0. The molecule has 0 amide bonds. The Morgan fingerprint density at radius 1 is 1.62 bits per heavy atom. The van der Waals surface area contributed by atoms with E-state index in [2.05, 4.69) is 16.5 Å². The summed E-state index contributed by atoms with van der Waals surface area (Å²) in [6.45, 7) is 5.22. The van der Waals surface area contributed by atoms with E-state index in [1.807, 2.05) is 6.92 Å². The van der Waals surface area contributed by atoms with Gasteiger partial charge in [-0.2, -0.15) is 0 Å². The summed E-state index contributed by atoms with van der Waals surface area (Å²) < 4.78 is 2.18. The topological polar surface area (TPSA) is 34.9 Å². The molecule has 0 N–H and O–H groups in total. The van der Waals surface area contributed by atoms with Crippen LogP contribution in [0.25, 0.3) is 0 Å². The highest BCUT2D eigenvalue weighted by atomic mass is 16.1. The predicted molar refractivity (Wildman–Crippen MR) is 49.8 cm³/mol. The lowest BCUT2D eigenvalue weighted by atomic mass is 9.99. The lowest BCUT2D eigenvalue weighted by Gasteiger charge is -2.21. The number of hydrogen-bond acceptors (Lipinski definition) is 2. The number of aromatic nitrogens is 2. The minimum Gasteiger partial charge on any atom is -0.331 e. The zero-order chi connectivity index (χ0) is 9.42. The van der Waals surface area contributed by atoms with E-state index in [0.717, 1.165) is 30.8 Å². The highest BCUT2D eigenvalue weighted by Gasteiger charge is 2.20. The molecule has 0 aromatic carbocycles. The SMILES string of the molecule is Cc1nc(C=O)c2n1CC(C)CC2. The molecule has 1 aliphatic heterocycles. The fourth-order valence-electron chi connectivity index (χ4n) is 2.02. The average molecular weight is 178 g/mol. The third-order valence-electron chi connectivity index (χ3n) is 2.77. The molecule has 13 heavy (non-hydrogen) atoms. The summed E-state index contributed by atoms with van der Waals surface area (Å²) in [6.07, 6.45) is 3.04. The van der Waals surface area contributed by atoms with E-state index in [1.165, 1.54) is 6.42 Å². The lowest BCUT2D eigenvalue weighted by molar-refractivity contribution is 0.111. The molecular weight excluding hydrogens is 164 g/mol. The number of aldehydes is 1. The zero-order valence-electron chi connectivity index (χ0n) is 8.08. The van der Waals surface area contributed by atoms with Gasteiger partial charge in [-0.05, 0) is 25.7 Å². The Morgan fingerprint density at radius 2 is 2.38 bits per heavy atom. The quantitative estimate of drug-likeness (QED) is 0.612. The normalized spacial score (nSPS) is 21.2. The molecular formula is C10H14N2O. The van der Waals surface area contributed by atoms with E-state index in [0.29, 0.717) is 11.6 Å². The summed E-state index contributed by atoms with van der Waals surface area (Å²) in [5, 5.41) is 0. The first kappa shape index (κ1) is 8.48. The second-order valence-corrected chi connectivity index (χ2v) is 3.86. The molecule has 70 valence electrons. The number of hydrogen-bond donors (Lipinski definition) is 0. The maximum atomic E-state index is 10.7. The van der Waals surface area contributed by atoms with Crippen LogP contribution in [0.1, 0.15) is 35.4 Å². The monoisotopic (exact) mass is 178 g/mol. The first-order chi connectivity index (χ1) is 6.22. The fraction of sp³-hybridized carbons (Fsp3) is 0.600. The van der Waals surface area contributed by atoms with Crippen LogP contribution in [0.3, 0.4) is 0 Å². The number of carbonyl (C=O) groups is 1. The molecule has 1 unspecified atom stereocenters. The Labute approximate surface area is 77.8 Å². The van der Waals surface area contributed by atoms with E-state index in [9.17, 15) is 4.79 Å². The van der Waals surface area contributed by atoms with Gasteiger partial charge in [-0.1, -0.05) is 6.92 Å². The molecule has 0 bridgehead atoms. The highest BCUT2D eigenvalue weighted by Crippen LogP contribution is 2.22. The van der Waals surface area contributed by atoms with E-state index in [1.54, 1.807) is 0 Å². The number of nitrogens with zero attached hydrogens (tertiary/aromatic N) is 2. The van der Waals surface area contributed by atoms with Gasteiger partial charge in [0.25, 0.3) is 0 Å². The van der Waals surface area contributed by atoms with Crippen molar-refractivity contribution in [3.63, 3.8) is 0 Å². The summed E-state index contributed by atoms with van der Waals surface area (Å²) in [4.78, 5) is 14.9. The molecule has 1 atom stereocenters. The Bertz CT molecular complexity index is 341. The van der Waals surface area contributed by atoms with Gasteiger partial charge >= 0.3 is 0 Å². The maximum Gasteiger partial charge on any atom is 0.170 e. The first-order valence-electron chi connectivity index (χ1n) is 4.73. The van der Waals surface area contributed by atoms with Crippen LogP contribution in [-0.2, 0) is 13.0 Å². The Balaban J connectivity index is 2.47. The molecule has 3 nitrogen and oxygen atoms in total. The summed E-state index contributed by atoms with van der Waals surface area (Å²) in [5.74, 6) is 1.68. The van der Waals surface area contributed by atoms with Gasteiger partial charge in [0.2, 0.25) is 0 Å². The molecule has 2 rings (SSSR count). The molecule has 0 aliphatic carbocycles. The van der Waals surface area contributed by atoms with Crippen molar-refractivity contribution in [3.8, 4) is 0 Å². The standard InChI is InChI=1S/C10H14N2O/c1-7-3-4-10-9(6-13)11-8(2)12(10)5-7/h6-7H,3-5H2,1-2H3. The minimum absolute atomic E-state index is 0.643. The number of fused-ring (bicyclic) bond motifs is 1. The second-order valence-electron chi connectivity index (χ2n) is 3.86. The van der Waals surface area contributed by atoms with Crippen molar-refractivity contribution in [1.82, 2.24) is 9.55 Å². The Kier molecular flexibility index (Phi) is 1.94. The number of carbonyl (C=O) groups excluding carboxylic acids is 1. The summed E-state index contributed by atoms with van der Waals surface area (Å²) >= 11 is 0. The lowest BCUT2D eigenvalue weighted by Crippen LogP contribution is -2.19. The summed E-state index contributed by atoms with van der Waals surface area (Å²) in [5.41, 5.74) is 1.77. The summed E-state index contributed by atoms with van der Waals surface area (Å²) in [6, 6.07) is 0. The van der Waals surface area contributed by atoms with Crippen LogP contribution in [0.5, 0.6) is 0 Å². The van der Waals surface area contributed by atoms with Crippen molar-refractivity contribution in [1.29, 1.82) is 0 Å². The van der Waals surface area contributed by atoms with Crippen molar-refractivity contribution in [2.75, 3.05) is 0 Å². The molecule has 3 heteroatoms. The first-order valence-corrected chi connectivity index (χ1v) is 4.73. The van der Waals surface area contributed by atoms with Crippen LogP contribution in [0, 0.1) is 12.8 Å². The van der Waals surface area contributed by atoms with Gasteiger partial charge in [0.05, 0.1) is 0 Å². The molecule has 0 saturated heterocycles. The number of rotatable bonds is 1. The largest absolute Gasteiger partial charge is 0.331 e. The molecule has 0 spiro atoms. The second kappa shape index (κ2) is 2.98. The van der Waals surface area contributed by atoms with E-state index >= 15 is 0 Å². The van der Waals surface area contributed by atoms with Crippen molar-refractivity contribution in [3.05, 3.63) is 17.2 Å². The molecule has 0 fully saturated rings. The molecule has 0 radical (unpaired) electrons. The van der Waals surface area contributed by atoms with E-state index in [4.69, 9.17) is 0 Å². The van der Waals surface area contributed by atoms with Crippen LogP contribution in [-0.4, -0.2) is 15.8 Å². The minimum atomic E-state index is 0.643. The maximum absolute atomic E-state index is 10.7. The van der Waals surface area contributed by atoms with E-state index < -0.39 is 0 Å². The van der Waals surface area contributed by atoms with Crippen molar-refractivity contribution in [2.24, 2.45) is 5.92 Å². The van der Waals surface area contributed by atoms with Gasteiger partial charge in [0, 0.05) is 12.2 Å². The molecule has 1 aliphatic rings. The third-order valence-corrected chi connectivity index (χ3v) is 2.77. The number of imidazole rings is 1. The van der Waals surface area contributed by atoms with Gasteiger partial charge in [0.1, 0.15) is 11.5 Å². The van der Waals surface area contributed by atoms with Crippen molar-refractivity contribution < 1.29 is 4.79 Å². The fourth-order valence-corrected chi connectivity index (χ4v) is 2.02. The zero-order valence-corrected chi connectivity index (χ0v) is 8.08. The number of aryl methyl sites for hydroxylation is 1. The van der Waals surface area contributed by atoms with Gasteiger partial charge in [-0.15, -0.1) is 0 Å². The van der Waals surface area contributed by atoms with Gasteiger partial charge < -0.3 is 4.57 Å². The van der Waals surface area contributed by atoms with Crippen LogP contribution in [0.2, 0.25) is 0 Å². The van der Waals surface area contributed by atoms with Gasteiger partial charge in [0.15, 0.2) is 6.29 Å². The van der Waals surface area contributed by atoms with Crippen LogP contribution < -0.4 is 0 Å². The van der Waals surface area contributed by atoms with Gasteiger partial charge in [-0.3, -0.25) is 4.79 Å². The highest BCUT2D eigenvalue weighted by molar-refractivity contribution is 5.73.